The number of anilines is 1. The highest BCUT2D eigenvalue weighted by molar-refractivity contribution is 6.10. The number of benzene rings is 1. The van der Waals surface area contributed by atoms with E-state index in [1.165, 1.54) is 0 Å². The van der Waals surface area contributed by atoms with E-state index in [4.69, 9.17) is 0 Å². The molecule has 1 unspecified atom stereocenters. The molecule has 1 amide bonds. The smallest absolute Gasteiger partial charge is 0.246 e. The highest BCUT2D eigenvalue weighted by Crippen LogP contribution is 2.35. The van der Waals surface area contributed by atoms with Gasteiger partial charge in [-0.2, -0.15) is 0 Å². The molecule has 92 valence electrons. The molecule has 3 rings (SSSR count). The first kappa shape index (κ1) is 11.2. The molecular weight excluding hydrogens is 226 g/mol. The third kappa shape index (κ3) is 1.66. The van der Waals surface area contributed by atoms with Gasteiger partial charge in [-0.05, 0) is 19.0 Å². The zero-order valence-corrected chi connectivity index (χ0v) is 10.2. The highest BCUT2D eigenvalue weighted by Gasteiger charge is 2.31. The predicted octanol–water partition coefficient (Wildman–Crippen LogP) is 2.23. The van der Waals surface area contributed by atoms with Crippen molar-refractivity contribution >= 4 is 22.5 Å². The van der Waals surface area contributed by atoms with E-state index in [1.807, 2.05) is 24.3 Å². The topological polar surface area (TPSA) is 54.0 Å². The zero-order chi connectivity index (χ0) is 12.5. The maximum Gasteiger partial charge on any atom is 0.246 e. The molecule has 0 radical (unpaired) electrons. The van der Waals surface area contributed by atoms with E-state index >= 15 is 0 Å². The highest BCUT2D eigenvalue weighted by atomic mass is 16.2. The Balaban J connectivity index is 2.09. The van der Waals surface area contributed by atoms with E-state index in [-0.39, 0.29) is 11.9 Å². The third-order valence-electron chi connectivity index (χ3n) is 3.23. The van der Waals surface area contributed by atoms with Crippen molar-refractivity contribution in [2.75, 3.05) is 11.9 Å². The molecule has 18 heavy (non-hydrogen) atoms. The molecule has 0 fully saturated rings. The third-order valence-corrected chi connectivity index (χ3v) is 3.23. The van der Waals surface area contributed by atoms with E-state index in [0.717, 1.165) is 35.1 Å². The molecule has 1 atom stereocenters. The zero-order valence-electron chi connectivity index (χ0n) is 10.2. The Labute approximate surface area is 105 Å². The number of rotatable bonds is 3. The van der Waals surface area contributed by atoms with Crippen molar-refractivity contribution in [2.24, 2.45) is 0 Å². The monoisotopic (exact) mass is 241 g/mol. The standard InChI is InChI=1S/C14H15N3O/c1-2-7-15-13-10-6-5-9-4-3-8-16-11(9)12(10)17-14(13)18/h3-6,8,13,15H,2,7H2,1H3,(H,17,18). The van der Waals surface area contributed by atoms with Gasteiger partial charge >= 0.3 is 0 Å². The molecule has 1 aliphatic rings. The Morgan fingerprint density at radius 2 is 2.28 bits per heavy atom. The van der Waals surface area contributed by atoms with Crippen LogP contribution in [-0.2, 0) is 4.79 Å². The lowest BCUT2D eigenvalue weighted by atomic mass is 10.1. The summed E-state index contributed by atoms with van der Waals surface area (Å²) in [6.45, 7) is 2.92. The molecule has 0 saturated carbocycles. The maximum atomic E-state index is 12.0. The Morgan fingerprint density at radius 3 is 3.11 bits per heavy atom. The van der Waals surface area contributed by atoms with Gasteiger partial charge in [0.25, 0.3) is 0 Å². The van der Waals surface area contributed by atoms with Gasteiger partial charge in [-0.3, -0.25) is 9.78 Å². The van der Waals surface area contributed by atoms with E-state index in [0.29, 0.717) is 0 Å². The van der Waals surface area contributed by atoms with Gasteiger partial charge < -0.3 is 10.6 Å². The first-order chi connectivity index (χ1) is 8.81. The number of amides is 1. The molecule has 2 aromatic rings. The summed E-state index contributed by atoms with van der Waals surface area (Å²) in [6, 6.07) is 7.68. The second-order valence-electron chi connectivity index (χ2n) is 4.48. The lowest BCUT2D eigenvalue weighted by Gasteiger charge is -2.10. The molecule has 0 spiro atoms. The van der Waals surface area contributed by atoms with Crippen LogP contribution in [0.2, 0.25) is 0 Å². The van der Waals surface area contributed by atoms with Gasteiger partial charge in [-0.15, -0.1) is 0 Å². The Kier molecular flexibility index (Phi) is 2.72. The fraction of sp³-hybridized carbons (Fsp3) is 0.286. The summed E-state index contributed by atoms with van der Waals surface area (Å²) in [4.78, 5) is 16.3. The van der Waals surface area contributed by atoms with Crippen LogP contribution in [0, 0.1) is 0 Å². The number of fused-ring (bicyclic) bond motifs is 3. The molecule has 1 aliphatic heterocycles. The Morgan fingerprint density at radius 1 is 1.39 bits per heavy atom. The van der Waals surface area contributed by atoms with Gasteiger partial charge in [0.2, 0.25) is 5.91 Å². The average molecular weight is 241 g/mol. The fourth-order valence-electron chi connectivity index (χ4n) is 2.36. The van der Waals surface area contributed by atoms with Gasteiger partial charge in [0, 0.05) is 17.1 Å². The van der Waals surface area contributed by atoms with Gasteiger partial charge in [-0.25, -0.2) is 0 Å². The van der Waals surface area contributed by atoms with Crippen LogP contribution in [0.5, 0.6) is 0 Å². The van der Waals surface area contributed by atoms with Crippen LogP contribution in [0.4, 0.5) is 5.69 Å². The van der Waals surface area contributed by atoms with Crippen LogP contribution < -0.4 is 10.6 Å². The lowest BCUT2D eigenvalue weighted by Crippen LogP contribution is -2.27. The van der Waals surface area contributed by atoms with Crippen molar-refractivity contribution in [1.29, 1.82) is 0 Å². The molecule has 4 heteroatoms. The van der Waals surface area contributed by atoms with Crippen molar-refractivity contribution in [1.82, 2.24) is 10.3 Å². The van der Waals surface area contributed by atoms with Crippen molar-refractivity contribution in [3.63, 3.8) is 0 Å². The van der Waals surface area contributed by atoms with E-state index in [1.54, 1.807) is 6.20 Å². The number of pyridine rings is 1. The summed E-state index contributed by atoms with van der Waals surface area (Å²) >= 11 is 0. The van der Waals surface area contributed by atoms with Crippen molar-refractivity contribution in [2.45, 2.75) is 19.4 Å². The van der Waals surface area contributed by atoms with Gasteiger partial charge in [0.1, 0.15) is 6.04 Å². The SMILES string of the molecule is CCCNC1C(=O)Nc2c1ccc1cccnc21. The second-order valence-corrected chi connectivity index (χ2v) is 4.48. The summed E-state index contributed by atoms with van der Waals surface area (Å²) in [7, 11) is 0. The average Bonchev–Trinajstić information content (AvgIpc) is 2.72. The number of nitrogens with one attached hydrogen (secondary N) is 2. The summed E-state index contributed by atoms with van der Waals surface area (Å²) in [6.07, 6.45) is 2.76. The number of aromatic nitrogens is 1. The number of nitrogens with zero attached hydrogens (tertiary/aromatic N) is 1. The number of hydrogen-bond donors (Lipinski definition) is 2. The quantitative estimate of drug-likeness (QED) is 0.866. The normalized spacial score (nSPS) is 17.8. The largest absolute Gasteiger partial charge is 0.322 e. The molecule has 1 aromatic heterocycles. The molecule has 0 aliphatic carbocycles. The van der Waals surface area contributed by atoms with Crippen LogP contribution in [-0.4, -0.2) is 17.4 Å². The molecule has 2 N–H and O–H groups in total. The van der Waals surface area contributed by atoms with Crippen LogP contribution in [0.1, 0.15) is 24.9 Å². The second kappa shape index (κ2) is 4.38. The van der Waals surface area contributed by atoms with Crippen LogP contribution >= 0.6 is 0 Å². The predicted molar refractivity (Wildman–Crippen MR) is 71.4 cm³/mol. The summed E-state index contributed by atoms with van der Waals surface area (Å²) in [5.74, 6) is 0.0107. The summed E-state index contributed by atoms with van der Waals surface area (Å²) < 4.78 is 0. The van der Waals surface area contributed by atoms with E-state index in [2.05, 4.69) is 22.5 Å². The number of carbonyl (C=O) groups excluding carboxylic acids is 1. The molecule has 1 aromatic carbocycles. The van der Waals surface area contributed by atoms with Crippen molar-refractivity contribution in [3.05, 3.63) is 36.0 Å². The Hall–Kier alpha value is -1.94. The van der Waals surface area contributed by atoms with Crippen molar-refractivity contribution < 1.29 is 4.79 Å². The number of hydrogen-bond acceptors (Lipinski definition) is 3. The fourth-order valence-corrected chi connectivity index (χ4v) is 2.36. The van der Waals surface area contributed by atoms with Gasteiger partial charge in [0.05, 0.1) is 11.2 Å². The molecule has 0 saturated heterocycles. The van der Waals surface area contributed by atoms with Crippen LogP contribution in [0.15, 0.2) is 30.5 Å². The van der Waals surface area contributed by atoms with E-state index in [9.17, 15) is 4.79 Å². The molecule has 4 nitrogen and oxygen atoms in total. The molecule has 2 heterocycles. The minimum atomic E-state index is -0.244. The summed E-state index contributed by atoms with van der Waals surface area (Å²) in [5.41, 5.74) is 2.72. The molecular formula is C14H15N3O. The summed E-state index contributed by atoms with van der Waals surface area (Å²) in [5, 5.41) is 7.25. The first-order valence-electron chi connectivity index (χ1n) is 6.23. The van der Waals surface area contributed by atoms with Gasteiger partial charge in [0.15, 0.2) is 0 Å². The first-order valence-corrected chi connectivity index (χ1v) is 6.23. The minimum absolute atomic E-state index is 0.0107. The maximum absolute atomic E-state index is 12.0. The minimum Gasteiger partial charge on any atom is -0.322 e. The lowest BCUT2D eigenvalue weighted by molar-refractivity contribution is -0.117. The van der Waals surface area contributed by atoms with E-state index < -0.39 is 0 Å². The van der Waals surface area contributed by atoms with Gasteiger partial charge in [-0.1, -0.05) is 25.1 Å². The van der Waals surface area contributed by atoms with Crippen molar-refractivity contribution in [3.8, 4) is 0 Å². The Bertz CT molecular complexity index is 609. The van der Waals surface area contributed by atoms with Crippen LogP contribution in [0.25, 0.3) is 10.9 Å². The van der Waals surface area contributed by atoms with Crippen LogP contribution in [0.3, 0.4) is 0 Å². The molecule has 0 bridgehead atoms. The number of carbonyl (C=O) groups is 1.